The number of hydrogen-bond acceptors (Lipinski definition) is 3. The smallest absolute Gasteiger partial charge is 0.324 e. The zero-order valence-electron chi connectivity index (χ0n) is 12.7. The van der Waals surface area contributed by atoms with Crippen molar-refractivity contribution in [1.29, 1.82) is 0 Å². The Morgan fingerprint density at radius 3 is 2.54 bits per heavy atom. The van der Waals surface area contributed by atoms with Crippen LogP contribution in [0.15, 0.2) is 30.6 Å². The molecule has 1 unspecified atom stereocenters. The minimum absolute atomic E-state index is 0. The Bertz CT molecular complexity index is 718. The highest BCUT2D eigenvalue weighted by Crippen LogP contribution is 2.36. The maximum Gasteiger partial charge on any atom is 0.417 e. The summed E-state index contributed by atoms with van der Waals surface area (Å²) in [4.78, 5) is 12.3. The van der Waals surface area contributed by atoms with Gasteiger partial charge in [0.2, 0.25) is 5.91 Å². The zero-order valence-corrected chi connectivity index (χ0v) is 14.3. The number of alkyl halides is 3. The first-order valence-corrected chi connectivity index (χ1v) is 6.93. The maximum atomic E-state index is 12.8. The number of aromatic nitrogens is 2. The molecule has 5 nitrogen and oxygen atoms in total. The van der Waals surface area contributed by atoms with Crippen molar-refractivity contribution in [3.8, 4) is 0 Å². The molecule has 2 aromatic rings. The summed E-state index contributed by atoms with van der Waals surface area (Å²) in [6, 6.07) is 2.47. The van der Waals surface area contributed by atoms with Crippen molar-refractivity contribution >= 4 is 35.6 Å². The van der Waals surface area contributed by atoms with E-state index in [-0.39, 0.29) is 18.1 Å². The lowest BCUT2D eigenvalue weighted by Gasteiger charge is -2.16. The van der Waals surface area contributed by atoms with E-state index in [0.29, 0.717) is 5.56 Å². The number of nitrogens with one attached hydrogen (secondary N) is 2. The summed E-state index contributed by atoms with van der Waals surface area (Å²) in [5, 5.41) is 8.78. The standard InChI is InChI=1S/C14H14ClF3N4O.ClH/c1-19-12(8-6-20-22(2)7-8)13(23)21-9-3-4-11(15)10(5-9)14(16,17)18;/h3-7,12,19H,1-2H3,(H,21,23);1H. The van der Waals surface area contributed by atoms with Crippen molar-refractivity contribution in [3.05, 3.63) is 46.7 Å². The lowest BCUT2D eigenvalue weighted by molar-refractivity contribution is -0.137. The van der Waals surface area contributed by atoms with Crippen molar-refractivity contribution in [2.24, 2.45) is 7.05 Å². The molecular weight excluding hydrogens is 368 g/mol. The first-order chi connectivity index (χ1) is 10.7. The third kappa shape index (κ3) is 4.62. The van der Waals surface area contributed by atoms with E-state index in [9.17, 15) is 18.0 Å². The fourth-order valence-corrected chi connectivity index (χ4v) is 2.30. The van der Waals surface area contributed by atoms with Crippen molar-refractivity contribution in [3.63, 3.8) is 0 Å². The van der Waals surface area contributed by atoms with Crippen molar-refractivity contribution in [1.82, 2.24) is 15.1 Å². The van der Waals surface area contributed by atoms with E-state index in [1.807, 2.05) is 0 Å². The number of anilines is 1. The van der Waals surface area contributed by atoms with Crippen LogP contribution in [0.1, 0.15) is 17.2 Å². The number of amides is 1. The van der Waals surface area contributed by atoms with Crippen LogP contribution in [0, 0.1) is 0 Å². The fourth-order valence-electron chi connectivity index (χ4n) is 2.07. The van der Waals surface area contributed by atoms with Crippen LogP contribution in [0.3, 0.4) is 0 Å². The summed E-state index contributed by atoms with van der Waals surface area (Å²) in [5.74, 6) is -0.504. The minimum Gasteiger partial charge on any atom is -0.324 e. The third-order valence-corrected chi connectivity index (χ3v) is 3.48. The third-order valence-electron chi connectivity index (χ3n) is 3.15. The minimum atomic E-state index is -4.59. The van der Waals surface area contributed by atoms with Gasteiger partial charge in [0.25, 0.3) is 0 Å². The van der Waals surface area contributed by atoms with Crippen molar-refractivity contribution < 1.29 is 18.0 Å². The quantitative estimate of drug-likeness (QED) is 0.851. The lowest BCUT2D eigenvalue weighted by atomic mass is 10.1. The lowest BCUT2D eigenvalue weighted by Crippen LogP contribution is -2.30. The van der Waals surface area contributed by atoms with Gasteiger partial charge in [-0.05, 0) is 25.2 Å². The van der Waals surface area contributed by atoms with Crippen LogP contribution in [0.5, 0.6) is 0 Å². The van der Waals surface area contributed by atoms with Crippen LogP contribution in [0.25, 0.3) is 0 Å². The molecule has 0 aliphatic rings. The second-order valence-electron chi connectivity index (χ2n) is 4.85. The van der Waals surface area contributed by atoms with Gasteiger partial charge in [0.15, 0.2) is 0 Å². The molecule has 24 heavy (non-hydrogen) atoms. The van der Waals surface area contributed by atoms with Crippen LogP contribution < -0.4 is 10.6 Å². The number of hydrogen-bond donors (Lipinski definition) is 2. The molecule has 0 bridgehead atoms. The Balaban J connectivity index is 0.00000288. The summed E-state index contributed by atoms with van der Waals surface area (Å²) in [6.07, 6.45) is -1.45. The highest BCUT2D eigenvalue weighted by molar-refractivity contribution is 6.31. The van der Waals surface area contributed by atoms with Gasteiger partial charge in [0.05, 0.1) is 16.8 Å². The van der Waals surface area contributed by atoms with Gasteiger partial charge < -0.3 is 10.6 Å². The molecule has 1 amide bonds. The number of carbonyl (C=O) groups is 1. The van der Waals surface area contributed by atoms with Gasteiger partial charge in [-0.15, -0.1) is 12.4 Å². The van der Waals surface area contributed by atoms with Crippen LogP contribution in [0.4, 0.5) is 18.9 Å². The molecule has 1 aromatic heterocycles. The average molecular weight is 383 g/mol. The van der Waals surface area contributed by atoms with Gasteiger partial charge in [-0.3, -0.25) is 9.48 Å². The molecule has 0 aliphatic heterocycles. The number of carbonyl (C=O) groups excluding carboxylic acids is 1. The molecule has 10 heteroatoms. The number of benzene rings is 1. The van der Waals surface area contributed by atoms with Crippen molar-refractivity contribution in [2.75, 3.05) is 12.4 Å². The van der Waals surface area contributed by atoms with E-state index in [1.54, 1.807) is 20.3 Å². The van der Waals surface area contributed by atoms with Gasteiger partial charge in [-0.2, -0.15) is 18.3 Å². The number of aryl methyl sites for hydroxylation is 1. The molecule has 2 N–H and O–H groups in total. The summed E-state index contributed by atoms with van der Waals surface area (Å²) in [5.41, 5.74) is -0.396. The molecule has 0 aliphatic carbocycles. The number of halogens is 5. The Morgan fingerprint density at radius 1 is 1.38 bits per heavy atom. The monoisotopic (exact) mass is 382 g/mol. The zero-order chi connectivity index (χ0) is 17.2. The van der Waals surface area contributed by atoms with Crippen molar-refractivity contribution in [2.45, 2.75) is 12.2 Å². The molecule has 1 aromatic carbocycles. The molecule has 0 saturated heterocycles. The summed E-state index contributed by atoms with van der Waals surface area (Å²) in [7, 11) is 3.27. The average Bonchev–Trinajstić information content (AvgIpc) is 2.87. The Kier molecular flexibility index (Phi) is 6.65. The van der Waals surface area contributed by atoms with Gasteiger partial charge in [0, 0.05) is 24.5 Å². The predicted octanol–water partition coefficient (Wildman–Crippen LogP) is 3.41. The van der Waals surface area contributed by atoms with Crippen LogP contribution >= 0.6 is 24.0 Å². The van der Waals surface area contributed by atoms with Crippen LogP contribution in [-0.4, -0.2) is 22.7 Å². The fraction of sp³-hybridized carbons (Fsp3) is 0.286. The number of nitrogens with zero attached hydrogens (tertiary/aromatic N) is 2. The first kappa shape index (κ1) is 20.3. The Morgan fingerprint density at radius 2 is 2.04 bits per heavy atom. The molecule has 0 spiro atoms. The number of likely N-dealkylation sites (N-methyl/N-ethyl adjacent to an activating group) is 1. The molecule has 2 rings (SSSR count). The summed E-state index contributed by atoms with van der Waals surface area (Å²) < 4.78 is 40.0. The molecular formula is C14H15Cl2F3N4O. The van der Waals surface area contributed by atoms with Crippen LogP contribution in [-0.2, 0) is 18.0 Å². The highest BCUT2D eigenvalue weighted by atomic mass is 35.5. The maximum absolute atomic E-state index is 12.8. The summed E-state index contributed by atoms with van der Waals surface area (Å²) in [6.45, 7) is 0. The molecule has 132 valence electrons. The van der Waals surface area contributed by atoms with E-state index in [1.165, 1.54) is 16.9 Å². The molecule has 0 saturated carbocycles. The Labute approximate surface area is 147 Å². The molecule has 1 heterocycles. The largest absolute Gasteiger partial charge is 0.417 e. The number of rotatable bonds is 4. The second-order valence-corrected chi connectivity index (χ2v) is 5.26. The molecule has 1 atom stereocenters. The normalized spacial score (nSPS) is 12.4. The second kappa shape index (κ2) is 7.87. The molecule has 0 fully saturated rings. The van der Waals surface area contributed by atoms with E-state index in [4.69, 9.17) is 11.6 Å². The first-order valence-electron chi connectivity index (χ1n) is 6.56. The van der Waals surface area contributed by atoms with E-state index in [2.05, 4.69) is 15.7 Å². The predicted molar refractivity (Wildman–Crippen MR) is 87.3 cm³/mol. The van der Waals surface area contributed by atoms with Gasteiger partial charge >= 0.3 is 6.18 Å². The SMILES string of the molecule is CNC(C(=O)Nc1ccc(Cl)c(C(F)(F)F)c1)c1cnn(C)c1.Cl. The van der Waals surface area contributed by atoms with Gasteiger partial charge in [-0.1, -0.05) is 11.6 Å². The topological polar surface area (TPSA) is 59.0 Å². The van der Waals surface area contributed by atoms with E-state index < -0.39 is 28.7 Å². The highest BCUT2D eigenvalue weighted by Gasteiger charge is 2.33. The van der Waals surface area contributed by atoms with Gasteiger partial charge in [0.1, 0.15) is 6.04 Å². The van der Waals surface area contributed by atoms with E-state index in [0.717, 1.165) is 12.1 Å². The van der Waals surface area contributed by atoms with Crippen LogP contribution in [0.2, 0.25) is 5.02 Å². The summed E-state index contributed by atoms with van der Waals surface area (Å²) >= 11 is 5.55. The van der Waals surface area contributed by atoms with E-state index >= 15 is 0 Å². The molecule has 0 radical (unpaired) electrons. The van der Waals surface area contributed by atoms with Gasteiger partial charge in [-0.25, -0.2) is 0 Å². The Hall–Kier alpha value is -1.77.